The molecule has 1 saturated heterocycles. The molecule has 0 amide bonds. The van der Waals surface area contributed by atoms with E-state index in [0.717, 1.165) is 24.5 Å². The summed E-state index contributed by atoms with van der Waals surface area (Å²) in [5.41, 5.74) is 3.68. The lowest BCUT2D eigenvalue weighted by Gasteiger charge is -2.17. The van der Waals surface area contributed by atoms with Crippen LogP contribution in [0.2, 0.25) is 0 Å². The summed E-state index contributed by atoms with van der Waals surface area (Å²) in [6.45, 7) is 6.38. The third-order valence-corrected chi connectivity index (χ3v) is 3.24. The van der Waals surface area contributed by atoms with Crippen LogP contribution < -0.4 is 15.4 Å². The van der Waals surface area contributed by atoms with Crippen LogP contribution in [-0.4, -0.2) is 26.2 Å². The van der Waals surface area contributed by atoms with E-state index in [1.165, 1.54) is 17.5 Å². The van der Waals surface area contributed by atoms with E-state index in [1.807, 2.05) is 0 Å². The van der Waals surface area contributed by atoms with E-state index in [9.17, 15) is 0 Å². The molecule has 16 heavy (non-hydrogen) atoms. The van der Waals surface area contributed by atoms with Crippen LogP contribution in [-0.2, 0) is 0 Å². The van der Waals surface area contributed by atoms with Crippen molar-refractivity contribution < 1.29 is 4.74 Å². The van der Waals surface area contributed by atoms with E-state index in [2.05, 4.69) is 36.6 Å². The first-order chi connectivity index (χ1) is 7.70. The van der Waals surface area contributed by atoms with Gasteiger partial charge in [0.25, 0.3) is 0 Å². The molecule has 1 aromatic carbocycles. The molecule has 0 saturated carbocycles. The summed E-state index contributed by atoms with van der Waals surface area (Å²) in [6.07, 6.45) is 1.18. The second kappa shape index (κ2) is 4.74. The average molecular weight is 220 g/mol. The molecular weight excluding hydrogens is 200 g/mol. The molecular formula is C13H20N2O. The fourth-order valence-electron chi connectivity index (χ4n) is 2.07. The average Bonchev–Trinajstić information content (AvgIpc) is 2.76. The van der Waals surface area contributed by atoms with Crippen LogP contribution >= 0.6 is 0 Å². The van der Waals surface area contributed by atoms with Crippen molar-refractivity contribution in [1.82, 2.24) is 5.32 Å². The maximum atomic E-state index is 5.41. The van der Waals surface area contributed by atoms with Gasteiger partial charge in [-0.3, -0.25) is 0 Å². The zero-order valence-electron chi connectivity index (χ0n) is 10.3. The number of ether oxygens (including phenoxy) is 1. The third kappa shape index (κ3) is 2.30. The van der Waals surface area contributed by atoms with Gasteiger partial charge in [0.2, 0.25) is 0 Å². The fourth-order valence-corrected chi connectivity index (χ4v) is 2.07. The molecule has 2 rings (SSSR count). The summed E-state index contributed by atoms with van der Waals surface area (Å²) in [4.78, 5) is 0. The van der Waals surface area contributed by atoms with E-state index in [4.69, 9.17) is 4.74 Å². The first-order valence-electron chi connectivity index (χ1n) is 5.83. The molecule has 1 fully saturated rings. The molecule has 1 unspecified atom stereocenters. The van der Waals surface area contributed by atoms with Crippen molar-refractivity contribution in [2.45, 2.75) is 26.3 Å². The molecule has 1 aliphatic rings. The van der Waals surface area contributed by atoms with Crippen molar-refractivity contribution in [3.63, 3.8) is 0 Å². The Kier molecular flexibility index (Phi) is 3.34. The number of methoxy groups -OCH3 is 1. The second-order valence-corrected chi connectivity index (χ2v) is 4.47. The molecule has 1 atom stereocenters. The highest BCUT2D eigenvalue weighted by molar-refractivity contribution is 5.60. The smallest absolute Gasteiger partial charge is 0.142 e. The van der Waals surface area contributed by atoms with Gasteiger partial charge in [-0.1, -0.05) is 0 Å². The minimum atomic E-state index is 0.524. The first-order valence-corrected chi connectivity index (χ1v) is 5.83. The highest BCUT2D eigenvalue weighted by Gasteiger charge is 2.16. The Bertz CT molecular complexity index is 370. The molecule has 3 heteroatoms. The highest BCUT2D eigenvalue weighted by atomic mass is 16.5. The Morgan fingerprint density at radius 2 is 2.06 bits per heavy atom. The van der Waals surface area contributed by atoms with Gasteiger partial charge in [0, 0.05) is 12.6 Å². The lowest BCUT2D eigenvalue weighted by atomic mass is 10.1. The topological polar surface area (TPSA) is 33.3 Å². The zero-order chi connectivity index (χ0) is 11.5. The van der Waals surface area contributed by atoms with Crippen molar-refractivity contribution in [3.05, 3.63) is 23.3 Å². The Balaban J connectivity index is 2.20. The quantitative estimate of drug-likeness (QED) is 0.818. The molecule has 0 spiro atoms. The summed E-state index contributed by atoms with van der Waals surface area (Å²) in [5.74, 6) is 0.940. The zero-order valence-corrected chi connectivity index (χ0v) is 10.3. The lowest BCUT2D eigenvalue weighted by molar-refractivity contribution is 0.415. The largest absolute Gasteiger partial charge is 0.495 e. The molecule has 1 heterocycles. The molecule has 0 bridgehead atoms. The van der Waals surface area contributed by atoms with E-state index >= 15 is 0 Å². The maximum Gasteiger partial charge on any atom is 0.142 e. The summed E-state index contributed by atoms with van der Waals surface area (Å²) in [7, 11) is 1.72. The Morgan fingerprint density at radius 3 is 2.69 bits per heavy atom. The van der Waals surface area contributed by atoms with E-state index in [-0.39, 0.29) is 0 Å². The SMILES string of the molecule is COc1cc(C)c(C)cc1NC1CCNC1. The molecule has 88 valence electrons. The minimum absolute atomic E-state index is 0.524. The number of hydrogen-bond donors (Lipinski definition) is 2. The molecule has 3 nitrogen and oxygen atoms in total. The minimum Gasteiger partial charge on any atom is -0.495 e. The van der Waals surface area contributed by atoms with Gasteiger partial charge >= 0.3 is 0 Å². The number of nitrogens with one attached hydrogen (secondary N) is 2. The monoisotopic (exact) mass is 220 g/mol. The van der Waals surface area contributed by atoms with Gasteiger partial charge in [0.05, 0.1) is 12.8 Å². The number of aryl methyl sites for hydroxylation is 2. The number of benzene rings is 1. The predicted molar refractivity (Wildman–Crippen MR) is 67.4 cm³/mol. The molecule has 0 aliphatic carbocycles. The van der Waals surface area contributed by atoms with Gasteiger partial charge in [-0.2, -0.15) is 0 Å². The number of rotatable bonds is 3. The summed E-state index contributed by atoms with van der Waals surface area (Å²) in [5, 5.41) is 6.89. The van der Waals surface area contributed by atoms with E-state index < -0.39 is 0 Å². The van der Waals surface area contributed by atoms with Crippen LogP contribution in [0.15, 0.2) is 12.1 Å². The molecule has 1 aromatic rings. The van der Waals surface area contributed by atoms with Crippen molar-refractivity contribution in [3.8, 4) is 5.75 Å². The maximum absolute atomic E-state index is 5.41. The normalized spacial score (nSPS) is 19.8. The summed E-state index contributed by atoms with van der Waals surface area (Å²) in [6, 6.07) is 4.79. The second-order valence-electron chi connectivity index (χ2n) is 4.47. The standard InChI is InChI=1S/C13H20N2O/c1-9-6-12(13(16-3)7-10(9)2)15-11-4-5-14-8-11/h6-7,11,14-15H,4-5,8H2,1-3H3. The molecule has 1 aliphatic heterocycles. The van der Waals surface area contributed by atoms with Crippen LogP contribution in [0.3, 0.4) is 0 Å². The van der Waals surface area contributed by atoms with Crippen LogP contribution in [0.4, 0.5) is 5.69 Å². The third-order valence-electron chi connectivity index (χ3n) is 3.24. The van der Waals surface area contributed by atoms with Crippen LogP contribution in [0.5, 0.6) is 5.75 Å². The van der Waals surface area contributed by atoms with E-state index in [1.54, 1.807) is 7.11 Å². The molecule has 0 aromatic heterocycles. The van der Waals surface area contributed by atoms with Gasteiger partial charge in [-0.25, -0.2) is 0 Å². The van der Waals surface area contributed by atoms with Crippen molar-refractivity contribution >= 4 is 5.69 Å². The van der Waals surface area contributed by atoms with Gasteiger partial charge in [-0.15, -0.1) is 0 Å². The summed E-state index contributed by atoms with van der Waals surface area (Å²) >= 11 is 0. The van der Waals surface area contributed by atoms with E-state index in [0.29, 0.717) is 6.04 Å². The Morgan fingerprint density at radius 1 is 1.31 bits per heavy atom. The first kappa shape index (κ1) is 11.3. The van der Waals surface area contributed by atoms with Crippen LogP contribution in [0, 0.1) is 13.8 Å². The predicted octanol–water partition coefficient (Wildman–Crippen LogP) is 2.09. The van der Waals surface area contributed by atoms with Gasteiger partial charge < -0.3 is 15.4 Å². The van der Waals surface area contributed by atoms with Crippen LogP contribution in [0.1, 0.15) is 17.5 Å². The van der Waals surface area contributed by atoms with Gasteiger partial charge in [0.1, 0.15) is 5.75 Å². The van der Waals surface area contributed by atoms with Crippen molar-refractivity contribution in [1.29, 1.82) is 0 Å². The number of anilines is 1. The summed E-state index contributed by atoms with van der Waals surface area (Å²) < 4.78 is 5.41. The van der Waals surface area contributed by atoms with Crippen LogP contribution in [0.25, 0.3) is 0 Å². The molecule has 2 N–H and O–H groups in total. The van der Waals surface area contributed by atoms with Gasteiger partial charge in [0.15, 0.2) is 0 Å². The van der Waals surface area contributed by atoms with Crippen molar-refractivity contribution in [2.75, 3.05) is 25.5 Å². The Labute approximate surface area is 97.2 Å². The van der Waals surface area contributed by atoms with Gasteiger partial charge in [-0.05, 0) is 50.1 Å². The Hall–Kier alpha value is -1.22. The number of hydrogen-bond acceptors (Lipinski definition) is 3. The lowest BCUT2D eigenvalue weighted by Crippen LogP contribution is -2.22. The molecule has 0 radical (unpaired) electrons. The van der Waals surface area contributed by atoms with Crippen molar-refractivity contribution in [2.24, 2.45) is 0 Å². The fraction of sp³-hybridized carbons (Fsp3) is 0.538. The highest BCUT2D eigenvalue weighted by Crippen LogP contribution is 2.29.